The van der Waals surface area contributed by atoms with Gasteiger partial charge < -0.3 is 0 Å². The number of rotatable bonds is 3. The van der Waals surface area contributed by atoms with Crippen molar-refractivity contribution >= 4 is 29.0 Å². The molecule has 1 fully saturated rings. The van der Waals surface area contributed by atoms with Crippen molar-refractivity contribution in [1.29, 1.82) is 0 Å². The molecule has 0 unspecified atom stereocenters. The zero-order valence-electron chi connectivity index (χ0n) is 10.3. The third-order valence-electron chi connectivity index (χ3n) is 2.51. The monoisotopic (exact) mass is 262 g/mol. The van der Waals surface area contributed by atoms with E-state index in [1.54, 1.807) is 6.08 Å². The normalized spacial score (nSPS) is 17.9. The quantitative estimate of drug-likeness (QED) is 0.786. The summed E-state index contributed by atoms with van der Waals surface area (Å²) in [6.45, 7) is 4.30. The number of pyridine rings is 1. The standard InChI is InChI=1S/C13H14N2O2S/c1-3-7-15-12(16)11(18-13(15)17)8-10-6-4-5-9(2)14-10/h4-6,8H,3,7H2,1-2H3/b11-8+. The van der Waals surface area contributed by atoms with Gasteiger partial charge in [-0.15, -0.1) is 0 Å². The minimum Gasteiger partial charge on any atom is -0.268 e. The predicted molar refractivity (Wildman–Crippen MR) is 71.9 cm³/mol. The number of aryl methyl sites for hydroxylation is 1. The largest absolute Gasteiger partial charge is 0.293 e. The van der Waals surface area contributed by atoms with Gasteiger partial charge in [0.05, 0.1) is 10.6 Å². The molecule has 0 aromatic carbocycles. The number of nitrogens with zero attached hydrogens (tertiary/aromatic N) is 2. The van der Waals surface area contributed by atoms with Gasteiger partial charge in [-0.3, -0.25) is 19.5 Å². The topological polar surface area (TPSA) is 50.3 Å². The Labute approximate surface area is 110 Å². The van der Waals surface area contributed by atoms with E-state index in [-0.39, 0.29) is 11.1 Å². The highest BCUT2D eigenvalue weighted by Gasteiger charge is 2.34. The van der Waals surface area contributed by atoms with Crippen LogP contribution in [0.25, 0.3) is 6.08 Å². The van der Waals surface area contributed by atoms with Gasteiger partial charge in [-0.2, -0.15) is 0 Å². The third kappa shape index (κ3) is 2.61. The van der Waals surface area contributed by atoms with Crippen molar-refractivity contribution in [2.45, 2.75) is 20.3 Å². The summed E-state index contributed by atoms with van der Waals surface area (Å²) >= 11 is 0.981. The molecule has 1 aliphatic rings. The smallest absolute Gasteiger partial charge is 0.268 e. The summed E-state index contributed by atoms with van der Waals surface area (Å²) in [7, 11) is 0. The highest BCUT2D eigenvalue weighted by Crippen LogP contribution is 2.31. The van der Waals surface area contributed by atoms with Crippen molar-refractivity contribution in [3.05, 3.63) is 34.5 Å². The van der Waals surface area contributed by atoms with Gasteiger partial charge in [0.25, 0.3) is 11.1 Å². The number of hydrogen-bond donors (Lipinski definition) is 0. The molecule has 0 spiro atoms. The second-order valence-corrected chi connectivity index (χ2v) is 5.03. The molecule has 94 valence electrons. The van der Waals surface area contributed by atoms with Crippen molar-refractivity contribution < 1.29 is 9.59 Å². The minimum atomic E-state index is -0.213. The van der Waals surface area contributed by atoms with Gasteiger partial charge in [0, 0.05) is 12.2 Å². The molecule has 2 rings (SSSR count). The van der Waals surface area contributed by atoms with E-state index >= 15 is 0 Å². The van der Waals surface area contributed by atoms with E-state index < -0.39 is 0 Å². The molecular weight excluding hydrogens is 248 g/mol. The lowest BCUT2D eigenvalue weighted by atomic mass is 10.3. The van der Waals surface area contributed by atoms with Gasteiger partial charge in [0.1, 0.15) is 0 Å². The summed E-state index contributed by atoms with van der Waals surface area (Å²) in [4.78, 5) is 29.7. The Morgan fingerprint density at radius 2 is 2.17 bits per heavy atom. The van der Waals surface area contributed by atoms with Crippen LogP contribution in [0.5, 0.6) is 0 Å². The zero-order chi connectivity index (χ0) is 13.1. The van der Waals surface area contributed by atoms with Crippen LogP contribution >= 0.6 is 11.8 Å². The molecule has 2 heterocycles. The maximum atomic E-state index is 12.0. The molecule has 1 aromatic rings. The number of carbonyl (C=O) groups excluding carboxylic acids is 2. The highest BCUT2D eigenvalue weighted by molar-refractivity contribution is 8.18. The van der Waals surface area contributed by atoms with E-state index in [2.05, 4.69) is 4.98 Å². The second kappa shape index (κ2) is 5.35. The Balaban J connectivity index is 2.25. The van der Waals surface area contributed by atoms with Crippen LogP contribution in [0.4, 0.5) is 4.79 Å². The number of amides is 2. The first-order valence-corrected chi connectivity index (χ1v) is 6.62. The van der Waals surface area contributed by atoms with Gasteiger partial charge in [-0.25, -0.2) is 0 Å². The van der Waals surface area contributed by atoms with Crippen LogP contribution in [0.2, 0.25) is 0 Å². The van der Waals surface area contributed by atoms with E-state index in [4.69, 9.17) is 0 Å². The van der Waals surface area contributed by atoms with Gasteiger partial charge in [0.2, 0.25) is 0 Å². The first-order chi connectivity index (χ1) is 8.61. The van der Waals surface area contributed by atoms with Crippen LogP contribution in [0.3, 0.4) is 0 Å². The number of thioether (sulfide) groups is 1. The molecule has 0 saturated carbocycles. The first kappa shape index (κ1) is 12.8. The molecule has 5 heteroatoms. The molecule has 0 aliphatic carbocycles. The van der Waals surface area contributed by atoms with Gasteiger partial charge in [0.15, 0.2) is 0 Å². The minimum absolute atomic E-state index is 0.194. The van der Waals surface area contributed by atoms with Crippen molar-refractivity contribution in [2.24, 2.45) is 0 Å². The second-order valence-electron chi connectivity index (χ2n) is 4.04. The van der Waals surface area contributed by atoms with E-state index in [1.165, 1.54) is 4.90 Å². The van der Waals surface area contributed by atoms with E-state index in [1.807, 2.05) is 32.0 Å². The summed E-state index contributed by atoms with van der Waals surface area (Å²) in [5.41, 5.74) is 1.59. The number of aromatic nitrogens is 1. The van der Waals surface area contributed by atoms with Crippen LogP contribution in [0.1, 0.15) is 24.7 Å². The summed E-state index contributed by atoms with van der Waals surface area (Å²) in [6.07, 6.45) is 2.45. The lowest BCUT2D eigenvalue weighted by Crippen LogP contribution is -2.28. The van der Waals surface area contributed by atoms with E-state index in [9.17, 15) is 9.59 Å². The average molecular weight is 262 g/mol. The Morgan fingerprint density at radius 1 is 1.39 bits per heavy atom. The fraction of sp³-hybridized carbons (Fsp3) is 0.308. The first-order valence-electron chi connectivity index (χ1n) is 5.81. The highest BCUT2D eigenvalue weighted by atomic mass is 32.2. The predicted octanol–water partition coefficient (Wildman–Crippen LogP) is 2.84. The fourth-order valence-electron chi connectivity index (χ4n) is 1.70. The van der Waals surface area contributed by atoms with Crippen molar-refractivity contribution in [3.63, 3.8) is 0 Å². The van der Waals surface area contributed by atoms with E-state index in [0.29, 0.717) is 17.1 Å². The van der Waals surface area contributed by atoms with Crippen molar-refractivity contribution in [1.82, 2.24) is 9.88 Å². The lowest BCUT2D eigenvalue weighted by Gasteiger charge is -2.09. The maximum absolute atomic E-state index is 12.0. The Bertz CT molecular complexity index is 525. The van der Waals surface area contributed by atoms with Crippen LogP contribution < -0.4 is 0 Å². The van der Waals surface area contributed by atoms with Crippen LogP contribution in [0, 0.1) is 6.92 Å². The molecule has 0 radical (unpaired) electrons. The van der Waals surface area contributed by atoms with Crippen molar-refractivity contribution in [3.8, 4) is 0 Å². The number of imide groups is 1. The number of carbonyl (C=O) groups is 2. The molecule has 4 nitrogen and oxygen atoms in total. The molecule has 1 aromatic heterocycles. The Kier molecular flexibility index (Phi) is 3.81. The van der Waals surface area contributed by atoms with Gasteiger partial charge in [-0.1, -0.05) is 13.0 Å². The van der Waals surface area contributed by atoms with Crippen LogP contribution in [-0.4, -0.2) is 27.6 Å². The molecule has 2 amide bonds. The maximum Gasteiger partial charge on any atom is 0.293 e. The third-order valence-corrected chi connectivity index (χ3v) is 3.42. The van der Waals surface area contributed by atoms with Crippen molar-refractivity contribution in [2.75, 3.05) is 6.54 Å². The van der Waals surface area contributed by atoms with Gasteiger partial charge in [-0.05, 0) is 43.3 Å². The molecule has 0 atom stereocenters. The molecular formula is C13H14N2O2S. The Hall–Kier alpha value is -1.62. The summed E-state index contributed by atoms with van der Waals surface area (Å²) in [5.74, 6) is -0.213. The molecule has 1 saturated heterocycles. The molecule has 1 aliphatic heterocycles. The van der Waals surface area contributed by atoms with E-state index in [0.717, 1.165) is 23.9 Å². The molecule has 0 bridgehead atoms. The fourth-order valence-corrected chi connectivity index (χ4v) is 2.54. The summed E-state index contributed by atoms with van der Waals surface area (Å²) in [5, 5.41) is -0.194. The SMILES string of the molecule is CCCN1C(=O)S/C(=C/c2cccc(C)n2)C1=O. The van der Waals surface area contributed by atoms with Crippen LogP contribution in [0.15, 0.2) is 23.1 Å². The lowest BCUT2D eigenvalue weighted by molar-refractivity contribution is -0.122. The molecule has 18 heavy (non-hydrogen) atoms. The summed E-state index contributed by atoms with van der Waals surface area (Å²) in [6, 6.07) is 5.59. The Morgan fingerprint density at radius 3 is 2.83 bits per heavy atom. The van der Waals surface area contributed by atoms with Gasteiger partial charge >= 0.3 is 0 Å². The zero-order valence-corrected chi connectivity index (χ0v) is 11.2. The summed E-state index contributed by atoms with van der Waals surface area (Å²) < 4.78 is 0. The number of hydrogen-bond acceptors (Lipinski definition) is 4. The molecule has 0 N–H and O–H groups in total. The average Bonchev–Trinajstić information content (AvgIpc) is 2.57. The van der Waals surface area contributed by atoms with Crippen LogP contribution in [-0.2, 0) is 4.79 Å².